The Labute approximate surface area is 73.3 Å². The van der Waals surface area contributed by atoms with Crippen LogP contribution in [0.5, 0.6) is 0 Å². The number of nitrogens with two attached hydrogens (primary N) is 1. The van der Waals surface area contributed by atoms with Crippen LogP contribution in [0.3, 0.4) is 0 Å². The highest BCUT2D eigenvalue weighted by atomic mass is 32.2. The van der Waals surface area contributed by atoms with E-state index in [2.05, 4.69) is 24.1 Å². The lowest BCUT2D eigenvalue weighted by Gasteiger charge is -2.20. The molecule has 1 aliphatic heterocycles. The van der Waals surface area contributed by atoms with E-state index in [4.69, 9.17) is 5.84 Å². The molecule has 0 spiro atoms. The molecule has 1 heterocycles. The Kier molecular flexibility index (Phi) is 4.26. The zero-order valence-corrected chi connectivity index (χ0v) is 7.99. The lowest BCUT2D eigenvalue weighted by atomic mass is 9.96. The summed E-state index contributed by atoms with van der Waals surface area (Å²) in [4.78, 5) is 0. The quantitative estimate of drug-likeness (QED) is 0.499. The second kappa shape index (κ2) is 5.01. The van der Waals surface area contributed by atoms with Gasteiger partial charge in [0.05, 0.1) is 0 Å². The van der Waals surface area contributed by atoms with Gasteiger partial charge in [0.25, 0.3) is 0 Å². The van der Waals surface area contributed by atoms with Gasteiger partial charge in [0.2, 0.25) is 0 Å². The summed E-state index contributed by atoms with van der Waals surface area (Å²) in [5.74, 6) is 8.93. The van der Waals surface area contributed by atoms with Crippen LogP contribution < -0.4 is 11.3 Å². The first-order valence-corrected chi connectivity index (χ1v) is 5.57. The van der Waals surface area contributed by atoms with E-state index in [1.54, 1.807) is 0 Å². The van der Waals surface area contributed by atoms with Gasteiger partial charge in [-0.3, -0.25) is 11.3 Å². The highest BCUT2D eigenvalue weighted by Crippen LogP contribution is 2.27. The molecule has 11 heavy (non-hydrogen) atoms. The van der Waals surface area contributed by atoms with Gasteiger partial charge in [-0.15, -0.1) is 0 Å². The third kappa shape index (κ3) is 2.65. The van der Waals surface area contributed by atoms with Crippen molar-refractivity contribution in [3.63, 3.8) is 0 Å². The fourth-order valence-electron chi connectivity index (χ4n) is 1.64. The Balaban J connectivity index is 2.27. The number of nitrogens with one attached hydrogen (secondary N) is 1. The van der Waals surface area contributed by atoms with Crippen molar-refractivity contribution in [2.75, 3.05) is 11.5 Å². The average molecular weight is 174 g/mol. The Morgan fingerprint density at radius 2 is 2.55 bits per heavy atom. The van der Waals surface area contributed by atoms with Crippen molar-refractivity contribution in [3.8, 4) is 0 Å². The topological polar surface area (TPSA) is 38.0 Å². The van der Waals surface area contributed by atoms with E-state index in [0.717, 1.165) is 5.92 Å². The number of hydrogen-bond donors (Lipinski definition) is 2. The van der Waals surface area contributed by atoms with E-state index in [1.165, 1.54) is 30.8 Å². The van der Waals surface area contributed by atoms with E-state index in [0.29, 0.717) is 6.04 Å². The van der Waals surface area contributed by atoms with Crippen molar-refractivity contribution in [1.82, 2.24) is 5.43 Å². The lowest BCUT2D eigenvalue weighted by molar-refractivity contribution is 0.365. The van der Waals surface area contributed by atoms with Crippen molar-refractivity contribution in [3.05, 3.63) is 0 Å². The molecule has 1 saturated heterocycles. The van der Waals surface area contributed by atoms with E-state index in [1.807, 2.05) is 0 Å². The fourth-order valence-corrected chi connectivity index (χ4v) is 2.97. The van der Waals surface area contributed by atoms with Gasteiger partial charge < -0.3 is 0 Å². The zero-order chi connectivity index (χ0) is 8.10. The molecular formula is C8H18N2S. The molecule has 0 aromatic rings. The molecule has 0 aliphatic carbocycles. The molecule has 0 saturated carbocycles. The summed E-state index contributed by atoms with van der Waals surface area (Å²) < 4.78 is 0. The number of thioether (sulfide) groups is 1. The maximum atomic E-state index is 5.48. The monoisotopic (exact) mass is 174 g/mol. The minimum atomic E-state index is 0.565. The van der Waals surface area contributed by atoms with Gasteiger partial charge in [-0.1, -0.05) is 13.3 Å². The summed E-state index contributed by atoms with van der Waals surface area (Å²) in [6, 6.07) is 0.565. The fraction of sp³-hybridized carbons (Fsp3) is 1.00. The number of hydrogen-bond acceptors (Lipinski definition) is 3. The highest BCUT2D eigenvalue weighted by Gasteiger charge is 2.23. The van der Waals surface area contributed by atoms with Gasteiger partial charge in [-0.25, -0.2) is 0 Å². The van der Waals surface area contributed by atoms with Gasteiger partial charge >= 0.3 is 0 Å². The molecule has 2 unspecified atom stereocenters. The normalized spacial score (nSPS) is 27.3. The summed E-state index contributed by atoms with van der Waals surface area (Å²) in [6.07, 6.45) is 3.80. The smallest absolute Gasteiger partial charge is 0.0246 e. The molecule has 0 aromatic heterocycles. The van der Waals surface area contributed by atoms with E-state index < -0.39 is 0 Å². The van der Waals surface area contributed by atoms with Crippen LogP contribution in [0.2, 0.25) is 0 Å². The van der Waals surface area contributed by atoms with E-state index in [-0.39, 0.29) is 0 Å². The van der Waals surface area contributed by atoms with Crippen LogP contribution in [0.1, 0.15) is 26.2 Å². The molecule has 2 atom stereocenters. The van der Waals surface area contributed by atoms with E-state index in [9.17, 15) is 0 Å². The van der Waals surface area contributed by atoms with Gasteiger partial charge in [-0.2, -0.15) is 11.8 Å². The van der Waals surface area contributed by atoms with Crippen LogP contribution in [0.25, 0.3) is 0 Å². The van der Waals surface area contributed by atoms with Gasteiger partial charge in [0, 0.05) is 6.04 Å². The second-order valence-electron chi connectivity index (χ2n) is 3.19. The van der Waals surface area contributed by atoms with Crippen LogP contribution in [0.4, 0.5) is 0 Å². The summed E-state index contributed by atoms with van der Waals surface area (Å²) in [5, 5.41) is 0. The van der Waals surface area contributed by atoms with Crippen molar-refractivity contribution in [1.29, 1.82) is 0 Å². The van der Waals surface area contributed by atoms with Gasteiger partial charge in [0.1, 0.15) is 0 Å². The zero-order valence-electron chi connectivity index (χ0n) is 7.18. The molecule has 0 aromatic carbocycles. The molecule has 0 amide bonds. The maximum absolute atomic E-state index is 5.48. The Morgan fingerprint density at radius 1 is 1.73 bits per heavy atom. The molecular weight excluding hydrogens is 156 g/mol. The summed E-state index contributed by atoms with van der Waals surface area (Å²) in [5.41, 5.74) is 2.93. The molecule has 0 bridgehead atoms. The van der Waals surface area contributed by atoms with Crippen LogP contribution >= 0.6 is 11.8 Å². The predicted molar refractivity (Wildman–Crippen MR) is 51.5 cm³/mol. The predicted octanol–water partition coefficient (Wildman–Crippen LogP) is 1.37. The summed E-state index contributed by atoms with van der Waals surface area (Å²) in [6.45, 7) is 2.21. The minimum Gasteiger partial charge on any atom is -0.271 e. The molecule has 1 fully saturated rings. The van der Waals surface area contributed by atoms with Crippen molar-refractivity contribution < 1.29 is 0 Å². The Morgan fingerprint density at radius 3 is 3.00 bits per heavy atom. The average Bonchev–Trinajstić information content (AvgIpc) is 2.52. The largest absolute Gasteiger partial charge is 0.271 e. The molecule has 3 heteroatoms. The molecule has 3 N–H and O–H groups in total. The van der Waals surface area contributed by atoms with Crippen LogP contribution in [-0.2, 0) is 0 Å². The van der Waals surface area contributed by atoms with Crippen molar-refractivity contribution in [2.45, 2.75) is 32.2 Å². The standard InChI is InChI=1S/C8H18N2S/c1-2-3-8(10-9)7-4-5-11-6-7/h7-8,10H,2-6,9H2,1H3. The first-order chi connectivity index (χ1) is 5.38. The van der Waals surface area contributed by atoms with Crippen LogP contribution in [0, 0.1) is 5.92 Å². The maximum Gasteiger partial charge on any atom is 0.0246 e. The molecule has 2 nitrogen and oxygen atoms in total. The van der Waals surface area contributed by atoms with Gasteiger partial charge in [-0.05, 0) is 30.3 Å². The number of rotatable bonds is 4. The number of hydrazine groups is 1. The van der Waals surface area contributed by atoms with Crippen molar-refractivity contribution in [2.24, 2.45) is 11.8 Å². The minimum absolute atomic E-state index is 0.565. The first-order valence-electron chi connectivity index (χ1n) is 4.42. The summed E-state index contributed by atoms with van der Waals surface area (Å²) in [7, 11) is 0. The van der Waals surface area contributed by atoms with Crippen molar-refractivity contribution >= 4 is 11.8 Å². The molecule has 66 valence electrons. The Hall–Kier alpha value is 0.270. The second-order valence-corrected chi connectivity index (χ2v) is 4.34. The lowest BCUT2D eigenvalue weighted by Crippen LogP contribution is -2.40. The SMILES string of the molecule is CCCC(NN)C1CCSC1. The first kappa shape index (κ1) is 9.36. The van der Waals surface area contributed by atoms with Gasteiger partial charge in [0.15, 0.2) is 0 Å². The van der Waals surface area contributed by atoms with Crippen LogP contribution in [0.15, 0.2) is 0 Å². The third-order valence-corrected chi connectivity index (χ3v) is 3.54. The molecule has 1 rings (SSSR count). The Bertz CT molecular complexity index is 102. The molecule has 1 aliphatic rings. The van der Waals surface area contributed by atoms with E-state index >= 15 is 0 Å². The highest BCUT2D eigenvalue weighted by molar-refractivity contribution is 7.99. The van der Waals surface area contributed by atoms with Crippen LogP contribution in [-0.4, -0.2) is 17.5 Å². The summed E-state index contributed by atoms with van der Waals surface area (Å²) >= 11 is 2.06. The molecule has 0 radical (unpaired) electrons. The third-order valence-electron chi connectivity index (χ3n) is 2.35.